The standard InChI is InChI=1S/C24H25N3O2S/c1-28-23(27-6-8-29-9-7-27)12-17-3-2-4-21-22(15-26-24(17)21)20-11-19(13-25-14-20)18-5-10-30-16-18/h2-5,10-11,13-16,23,26H,6-9,12H2,1H3. The Kier molecular flexibility index (Phi) is 5.64. The molecule has 5 nitrogen and oxygen atoms in total. The van der Waals surface area contributed by atoms with E-state index < -0.39 is 0 Å². The Morgan fingerprint density at radius 3 is 2.83 bits per heavy atom. The fourth-order valence-corrected chi connectivity index (χ4v) is 4.88. The van der Waals surface area contributed by atoms with Crippen LogP contribution in [0.4, 0.5) is 0 Å². The summed E-state index contributed by atoms with van der Waals surface area (Å²) in [5.41, 5.74) is 7.09. The zero-order valence-corrected chi connectivity index (χ0v) is 17.8. The fourth-order valence-electron chi connectivity index (χ4n) is 4.21. The molecule has 0 saturated carbocycles. The molecular weight excluding hydrogens is 394 g/mol. The first-order valence-electron chi connectivity index (χ1n) is 10.2. The minimum atomic E-state index is 0.0508. The number of hydrogen-bond acceptors (Lipinski definition) is 5. The number of nitrogens with one attached hydrogen (secondary N) is 1. The van der Waals surface area contributed by atoms with E-state index in [0.29, 0.717) is 0 Å². The van der Waals surface area contributed by atoms with Crippen LogP contribution in [0.1, 0.15) is 5.56 Å². The number of hydrogen-bond donors (Lipinski definition) is 1. The predicted molar refractivity (Wildman–Crippen MR) is 122 cm³/mol. The van der Waals surface area contributed by atoms with Crippen molar-refractivity contribution in [3.8, 4) is 22.3 Å². The number of morpholine rings is 1. The van der Waals surface area contributed by atoms with Crippen LogP contribution in [-0.4, -0.2) is 54.5 Å². The number of rotatable bonds is 6. The van der Waals surface area contributed by atoms with Crippen LogP contribution in [0, 0.1) is 0 Å². The number of nitrogens with zero attached hydrogens (tertiary/aromatic N) is 2. The molecule has 6 heteroatoms. The van der Waals surface area contributed by atoms with Gasteiger partial charge in [-0.05, 0) is 34.0 Å². The summed E-state index contributed by atoms with van der Waals surface area (Å²) in [7, 11) is 1.79. The molecule has 0 spiro atoms. The van der Waals surface area contributed by atoms with Crippen molar-refractivity contribution in [2.75, 3.05) is 33.4 Å². The summed E-state index contributed by atoms with van der Waals surface area (Å²) < 4.78 is 11.3. The van der Waals surface area contributed by atoms with Crippen molar-refractivity contribution in [1.29, 1.82) is 0 Å². The van der Waals surface area contributed by atoms with E-state index in [4.69, 9.17) is 9.47 Å². The lowest BCUT2D eigenvalue weighted by Crippen LogP contribution is -2.45. The van der Waals surface area contributed by atoms with Gasteiger partial charge < -0.3 is 14.5 Å². The quantitative estimate of drug-likeness (QED) is 0.487. The van der Waals surface area contributed by atoms with Gasteiger partial charge in [-0.25, -0.2) is 0 Å². The lowest BCUT2D eigenvalue weighted by molar-refractivity contribution is -0.0776. The smallest absolute Gasteiger partial charge is 0.114 e. The van der Waals surface area contributed by atoms with Crippen LogP contribution in [0.3, 0.4) is 0 Å². The summed E-state index contributed by atoms with van der Waals surface area (Å²) in [5.74, 6) is 0. The SMILES string of the molecule is COC(Cc1cccc2c(-c3cncc(-c4ccsc4)c3)c[nH]c12)N1CCOCC1. The van der Waals surface area contributed by atoms with Gasteiger partial charge in [-0.15, -0.1) is 0 Å². The highest BCUT2D eigenvalue weighted by Crippen LogP contribution is 2.33. The molecule has 1 atom stereocenters. The Hall–Kier alpha value is -2.51. The molecule has 4 aromatic rings. The van der Waals surface area contributed by atoms with Gasteiger partial charge >= 0.3 is 0 Å². The Morgan fingerprint density at radius 1 is 1.17 bits per heavy atom. The topological polar surface area (TPSA) is 50.4 Å². The molecule has 4 heterocycles. The molecule has 3 aromatic heterocycles. The van der Waals surface area contributed by atoms with Gasteiger partial charge in [-0.2, -0.15) is 11.3 Å². The molecule has 1 N–H and O–H groups in total. The number of methoxy groups -OCH3 is 1. The van der Waals surface area contributed by atoms with E-state index >= 15 is 0 Å². The molecule has 30 heavy (non-hydrogen) atoms. The number of aromatic nitrogens is 2. The zero-order chi connectivity index (χ0) is 20.3. The summed E-state index contributed by atoms with van der Waals surface area (Å²) in [6, 6.07) is 10.9. The van der Waals surface area contributed by atoms with Crippen LogP contribution in [0.5, 0.6) is 0 Å². The number of ether oxygens (including phenoxy) is 2. The van der Waals surface area contributed by atoms with E-state index in [1.807, 2.05) is 12.4 Å². The monoisotopic (exact) mass is 419 g/mol. The van der Waals surface area contributed by atoms with E-state index in [1.54, 1.807) is 18.4 Å². The van der Waals surface area contributed by atoms with Crippen LogP contribution in [0.15, 0.2) is 59.7 Å². The Morgan fingerprint density at radius 2 is 2.03 bits per heavy atom. The molecule has 0 aliphatic carbocycles. The number of H-pyrrole nitrogens is 1. The average Bonchev–Trinajstić information content (AvgIpc) is 3.49. The maximum absolute atomic E-state index is 5.84. The molecule has 0 bridgehead atoms. The summed E-state index contributed by atoms with van der Waals surface area (Å²) in [5, 5.41) is 5.47. The van der Waals surface area contributed by atoms with E-state index in [1.165, 1.54) is 27.6 Å². The van der Waals surface area contributed by atoms with E-state index in [-0.39, 0.29) is 6.23 Å². The second-order valence-corrected chi connectivity index (χ2v) is 8.34. The minimum absolute atomic E-state index is 0.0508. The van der Waals surface area contributed by atoms with E-state index in [9.17, 15) is 0 Å². The Bertz CT molecular complexity index is 1120. The molecule has 1 fully saturated rings. The minimum Gasteiger partial charge on any atom is -0.379 e. The number of thiophene rings is 1. The average molecular weight is 420 g/mol. The highest BCUT2D eigenvalue weighted by atomic mass is 32.1. The number of fused-ring (bicyclic) bond motifs is 1. The molecule has 0 amide bonds. The van der Waals surface area contributed by atoms with Crippen LogP contribution in [0.2, 0.25) is 0 Å². The third-order valence-corrected chi connectivity index (χ3v) is 6.51. The first kappa shape index (κ1) is 19.5. The Balaban J connectivity index is 1.47. The molecule has 1 aromatic carbocycles. The second kappa shape index (κ2) is 8.70. The Labute approximate surface area is 180 Å². The van der Waals surface area contributed by atoms with Crippen LogP contribution >= 0.6 is 11.3 Å². The van der Waals surface area contributed by atoms with E-state index in [0.717, 1.165) is 43.9 Å². The van der Waals surface area contributed by atoms with Crippen LogP contribution in [0.25, 0.3) is 33.2 Å². The molecule has 1 unspecified atom stereocenters. The highest BCUT2D eigenvalue weighted by Gasteiger charge is 2.22. The molecule has 1 aliphatic heterocycles. The molecule has 1 saturated heterocycles. The van der Waals surface area contributed by atoms with Gasteiger partial charge in [0.05, 0.1) is 13.2 Å². The molecular formula is C24H25N3O2S. The molecule has 154 valence electrons. The first-order valence-corrected chi connectivity index (χ1v) is 11.2. The highest BCUT2D eigenvalue weighted by molar-refractivity contribution is 7.08. The van der Waals surface area contributed by atoms with Crippen molar-refractivity contribution in [2.45, 2.75) is 12.6 Å². The van der Waals surface area contributed by atoms with Crippen LogP contribution < -0.4 is 0 Å². The normalized spacial score (nSPS) is 16.2. The van der Waals surface area contributed by atoms with Gasteiger partial charge in [-0.3, -0.25) is 9.88 Å². The largest absolute Gasteiger partial charge is 0.379 e. The third-order valence-electron chi connectivity index (χ3n) is 5.83. The van der Waals surface area contributed by atoms with Crippen molar-refractivity contribution in [1.82, 2.24) is 14.9 Å². The summed E-state index contributed by atoms with van der Waals surface area (Å²) >= 11 is 1.70. The van der Waals surface area contributed by atoms with Gasteiger partial charge in [0, 0.05) is 72.8 Å². The van der Waals surface area contributed by atoms with Gasteiger partial charge in [0.25, 0.3) is 0 Å². The number of aromatic amines is 1. The van der Waals surface area contributed by atoms with Crippen molar-refractivity contribution < 1.29 is 9.47 Å². The summed E-state index contributed by atoms with van der Waals surface area (Å²) in [6.07, 6.45) is 6.85. The first-order chi connectivity index (χ1) is 14.8. The lowest BCUT2D eigenvalue weighted by atomic mass is 10.0. The molecule has 0 radical (unpaired) electrons. The van der Waals surface area contributed by atoms with Crippen LogP contribution in [-0.2, 0) is 15.9 Å². The summed E-state index contributed by atoms with van der Waals surface area (Å²) in [4.78, 5) is 10.4. The van der Waals surface area contributed by atoms with Crippen molar-refractivity contribution >= 4 is 22.2 Å². The number of para-hydroxylation sites is 1. The zero-order valence-electron chi connectivity index (χ0n) is 17.0. The van der Waals surface area contributed by atoms with Gasteiger partial charge in [0.1, 0.15) is 6.23 Å². The van der Waals surface area contributed by atoms with Gasteiger partial charge in [-0.1, -0.05) is 18.2 Å². The maximum atomic E-state index is 5.84. The van der Waals surface area contributed by atoms with Crippen molar-refractivity contribution in [3.05, 3.63) is 65.2 Å². The maximum Gasteiger partial charge on any atom is 0.114 e. The lowest BCUT2D eigenvalue weighted by Gasteiger charge is -2.33. The number of benzene rings is 1. The molecule has 5 rings (SSSR count). The predicted octanol–water partition coefficient (Wildman–Crippen LogP) is 4.81. The fraction of sp³-hybridized carbons (Fsp3) is 0.292. The van der Waals surface area contributed by atoms with Crippen molar-refractivity contribution in [3.63, 3.8) is 0 Å². The van der Waals surface area contributed by atoms with E-state index in [2.05, 4.69) is 62.2 Å². The second-order valence-electron chi connectivity index (χ2n) is 7.56. The number of pyridine rings is 1. The van der Waals surface area contributed by atoms with Crippen molar-refractivity contribution in [2.24, 2.45) is 0 Å². The third kappa shape index (κ3) is 3.79. The molecule has 1 aliphatic rings. The summed E-state index contributed by atoms with van der Waals surface area (Å²) in [6.45, 7) is 3.35. The van der Waals surface area contributed by atoms with Gasteiger partial charge in [0.15, 0.2) is 0 Å². The van der Waals surface area contributed by atoms with Gasteiger partial charge in [0.2, 0.25) is 0 Å².